The van der Waals surface area contributed by atoms with E-state index in [1.54, 1.807) is 24.3 Å². The van der Waals surface area contributed by atoms with Gasteiger partial charge >= 0.3 is 0 Å². The molecule has 42 heavy (non-hydrogen) atoms. The maximum Gasteiger partial charge on any atom is 0.249 e. The summed E-state index contributed by atoms with van der Waals surface area (Å²) >= 11 is 0. The largest absolute Gasteiger partial charge is 0.493 e. The Kier molecular flexibility index (Phi) is 8.82. The van der Waals surface area contributed by atoms with Crippen LogP contribution < -0.4 is 24.4 Å². The van der Waals surface area contributed by atoms with Crippen LogP contribution in [-0.4, -0.2) is 67.4 Å². The summed E-state index contributed by atoms with van der Waals surface area (Å²) in [6.45, 7) is 0.652. The first kappa shape index (κ1) is 28.8. The molecule has 0 bridgehead atoms. The van der Waals surface area contributed by atoms with Crippen LogP contribution in [0.25, 0.3) is 11.0 Å². The van der Waals surface area contributed by atoms with Crippen LogP contribution in [0.2, 0.25) is 0 Å². The molecule has 0 radical (unpaired) electrons. The van der Waals surface area contributed by atoms with Gasteiger partial charge in [-0.25, -0.2) is 9.07 Å². The number of ether oxygens (including phenoxy) is 4. The molecular weight excluding hydrogens is 545 g/mol. The van der Waals surface area contributed by atoms with Crippen molar-refractivity contribution in [3.8, 4) is 17.2 Å². The van der Waals surface area contributed by atoms with Crippen molar-refractivity contribution in [2.24, 2.45) is 0 Å². The fraction of sp³-hybridized carbons (Fsp3) is 0.333. The smallest absolute Gasteiger partial charge is 0.249 e. The standard InChI is InChI=1S/C30H32FN5O6/c1-39-25-15-19(16-26(40-2)29(25)41-3)28(30(38)32-17-22-7-6-14-42-22)36(21-12-10-20(31)11-13-21)27(37)18-35-24-9-5-4-8-23(24)33-34-35/h4-5,8-13,15-16,22,28H,6-7,14,17-18H2,1-3H3,(H,32,38)/t22-,28+/m1/s1. The molecule has 4 aromatic rings. The van der Waals surface area contributed by atoms with E-state index in [2.05, 4.69) is 15.6 Å². The first-order chi connectivity index (χ1) is 20.4. The van der Waals surface area contributed by atoms with E-state index < -0.39 is 23.7 Å². The number of fused-ring (bicyclic) bond motifs is 1. The molecule has 2 atom stereocenters. The molecule has 0 unspecified atom stereocenters. The number of aromatic nitrogens is 3. The Labute approximate surface area is 242 Å². The lowest BCUT2D eigenvalue weighted by molar-refractivity contribution is -0.127. The fourth-order valence-electron chi connectivity index (χ4n) is 5.07. The van der Waals surface area contributed by atoms with Crippen molar-refractivity contribution in [2.75, 3.05) is 39.4 Å². The third-order valence-electron chi connectivity index (χ3n) is 7.12. The number of para-hydroxylation sites is 1. The minimum absolute atomic E-state index is 0.133. The van der Waals surface area contributed by atoms with Gasteiger partial charge in [0.2, 0.25) is 17.6 Å². The number of benzene rings is 3. The molecule has 1 aromatic heterocycles. The first-order valence-corrected chi connectivity index (χ1v) is 13.5. The number of nitrogens with one attached hydrogen (secondary N) is 1. The predicted octanol–water partition coefficient (Wildman–Crippen LogP) is 3.67. The fourth-order valence-corrected chi connectivity index (χ4v) is 5.07. The molecule has 2 heterocycles. The molecule has 12 heteroatoms. The number of carbonyl (C=O) groups is 2. The second-order valence-corrected chi connectivity index (χ2v) is 9.72. The zero-order valence-electron chi connectivity index (χ0n) is 23.6. The summed E-state index contributed by atoms with van der Waals surface area (Å²) in [6, 6.07) is 14.6. The van der Waals surface area contributed by atoms with Crippen molar-refractivity contribution in [2.45, 2.75) is 31.5 Å². The van der Waals surface area contributed by atoms with Crippen molar-refractivity contribution >= 4 is 28.5 Å². The maximum absolute atomic E-state index is 14.2. The molecule has 1 saturated heterocycles. The Bertz CT molecular complexity index is 1530. The monoisotopic (exact) mass is 577 g/mol. The zero-order valence-corrected chi connectivity index (χ0v) is 23.6. The van der Waals surface area contributed by atoms with Gasteiger partial charge in [-0.15, -0.1) is 5.10 Å². The van der Waals surface area contributed by atoms with Crippen molar-refractivity contribution < 1.29 is 32.9 Å². The van der Waals surface area contributed by atoms with Crippen LogP contribution in [0, 0.1) is 5.82 Å². The molecule has 1 aliphatic rings. The van der Waals surface area contributed by atoms with E-state index in [1.165, 1.54) is 55.2 Å². The van der Waals surface area contributed by atoms with Crippen LogP contribution in [0.15, 0.2) is 60.7 Å². The highest BCUT2D eigenvalue weighted by atomic mass is 19.1. The van der Waals surface area contributed by atoms with E-state index in [1.807, 2.05) is 12.1 Å². The molecule has 2 amide bonds. The number of methoxy groups -OCH3 is 3. The van der Waals surface area contributed by atoms with Gasteiger partial charge in [-0.05, 0) is 66.9 Å². The highest BCUT2D eigenvalue weighted by Gasteiger charge is 2.35. The molecule has 0 spiro atoms. The zero-order chi connectivity index (χ0) is 29.6. The summed E-state index contributed by atoms with van der Waals surface area (Å²) in [6.07, 6.45) is 1.59. The maximum atomic E-state index is 14.2. The third-order valence-corrected chi connectivity index (χ3v) is 7.12. The first-order valence-electron chi connectivity index (χ1n) is 13.5. The second kappa shape index (κ2) is 12.9. The van der Waals surface area contributed by atoms with Crippen LogP contribution in [-0.2, 0) is 20.9 Å². The molecule has 11 nitrogen and oxygen atoms in total. The Balaban J connectivity index is 1.61. The molecule has 1 aliphatic heterocycles. The molecule has 5 rings (SSSR count). The highest BCUT2D eigenvalue weighted by molar-refractivity contribution is 6.01. The Morgan fingerprint density at radius 2 is 1.79 bits per heavy atom. The summed E-state index contributed by atoms with van der Waals surface area (Å²) in [5.41, 5.74) is 1.96. The number of amides is 2. The number of rotatable bonds is 11. The Morgan fingerprint density at radius 3 is 2.43 bits per heavy atom. The number of nitrogens with zero attached hydrogens (tertiary/aromatic N) is 4. The van der Waals surface area contributed by atoms with E-state index in [0.29, 0.717) is 46.1 Å². The molecule has 0 saturated carbocycles. The van der Waals surface area contributed by atoms with Gasteiger partial charge in [-0.1, -0.05) is 17.3 Å². The summed E-state index contributed by atoms with van der Waals surface area (Å²) in [7, 11) is 4.40. The van der Waals surface area contributed by atoms with Gasteiger partial charge in [-0.3, -0.25) is 14.5 Å². The Morgan fingerprint density at radius 1 is 1.07 bits per heavy atom. The Hall–Kier alpha value is -4.71. The summed E-state index contributed by atoms with van der Waals surface area (Å²) in [4.78, 5) is 29.6. The van der Waals surface area contributed by atoms with Gasteiger partial charge in [0.15, 0.2) is 11.5 Å². The van der Waals surface area contributed by atoms with Gasteiger partial charge in [0.25, 0.3) is 0 Å². The van der Waals surface area contributed by atoms with Gasteiger partial charge in [0.05, 0.1) is 33.0 Å². The van der Waals surface area contributed by atoms with Crippen molar-refractivity contribution in [3.05, 3.63) is 72.0 Å². The number of anilines is 1. The van der Waals surface area contributed by atoms with Crippen LogP contribution in [0.4, 0.5) is 10.1 Å². The van der Waals surface area contributed by atoms with Crippen molar-refractivity contribution in [1.82, 2.24) is 20.3 Å². The van der Waals surface area contributed by atoms with Gasteiger partial charge < -0.3 is 24.3 Å². The van der Waals surface area contributed by atoms with Crippen molar-refractivity contribution in [1.29, 1.82) is 0 Å². The van der Waals surface area contributed by atoms with E-state index in [0.717, 1.165) is 12.8 Å². The normalized spacial score (nSPS) is 15.3. The predicted molar refractivity (Wildman–Crippen MR) is 152 cm³/mol. The van der Waals surface area contributed by atoms with E-state index >= 15 is 0 Å². The third kappa shape index (κ3) is 5.98. The number of carbonyl (C=O) groups excluding carboxylic acids is 2. The van der Waals surface area contributed by atoms with Gasteiger partial charge in [-0.2, -0.15) is 0 Å². The molecule has 0 aliphatic carbocycles. The minimum atomic E-state index is -1.21. The number of hydrogen-bond acceptors (Lipinski definition) is 8. The van der Waals surface area contributed by atoms with Crippen LogP contribution in [0.3, 0.4) is 0 Å². The number of hydrogen-bond donors (Lipinski definition) is 1. The quantitative estimate of drug-likeness (QED) is 0.287. The SMILES string of the molecule is COc1cc([C@@H](C(=O)NC[C@H]2CCCO2)N(C(=O)Cn2nnc3ccccc32)c2ccc(F)cc2)cc(OC)c1OC. The topological polar surface area (TPSA) is 117 Å². The molecule has 1 fully saturated rings. The molecular formula is C30H32FN5O6. The summed E-state index contributed by atoms with van der Waals surface area (Å²) in [5, 5.41) is 11.3. The number of halogens is 1. The van der Waals surface area contributed by atoms with Gasteiger partial charge in [0, 0.05) is 18.8 Å². The van der Waals surface area contributed by atoms with Crippen LogP contribution in [0.5, 0.6) is 17.2 Å². The van der Waals surface area contributed by atoms with Crippen LogP contribution >= 0.6 is 0 Å². The molecule has 1 N–H and O–H groups in total. The lowest BCUT2D eigenvalue weighted by atomic mass is 10.0. The van der Waals surface area contributed by atoms with Crippen molar-refractivity contribution in [3.63, 3.8) is 0 Å². The summed E-state index contributed by atoms with van der Waals surface area (Å²) < 4.78 is 37.8. The van der Waals surface area contributed by atoms with E-state index in [9.17, 15) is 14.0 Å². The lowest BCUT2D eigenvalue weighted by Gasteiger charge is -2.32. The van der Waals surface area contributed by atoms with Gasteiger partial charge in [0.1, 0.15) is 23.9 Å². The van der Waals surface area contributed by atoms with E-state index in [4.69, 9.17) is 18.9 Å². The minimum Gasteiger partial charge on any atom is -0.493 e. The molecule has 220 valence electrons. The average Bonchev–Trinajstić information content (AvgIpc) is 3.69. The highest BCUT2D eigenvalue weighted by Crippen LogP contribution is 2.41. The average molecular weight is 578 g/mol. The summed E-state index contributed by atoms with van der Waals surface area (Å²) in [5.74, 6) is -0.504. The van der Waals surface area contributed by atoms with Crippen LogP contribution in [0.1, 0.15) is 24.4 Å². The lowest BCUT2D eigenvalue weighted by Crippen LogP contribution is -2.46. The molecule has 3 aromatic carbocycles. The second-order valence-electron chi connectivity index (χ2n) is 9.72. The van der Waals surface area contributed by atoms with E-state index in [-0.39, 0.29) is 19.2 Å².